The van der Waals surface area contributed by atoms with E-state index in [-0.39, 0.29) is 5.91 Å². The van der Waals surface area contributed by atoms with Crippen LogP contribution in [0.5, 0.6) is 0 Å². The summed E-state index contributed by atoms with van der Waals surface area (Å²) >= 11 is 0. The maximum atomic E-state index is 11.9. The molecule has 2 heterocycles. The monoisotopic (exact) mass is 276 g/mol. The molecule has 0 unspecified atom stereocenters. The lowest BCUT2D eigenvalue weighted by Crippen LogP contribution is -2.37. The maximum absolute atomic E-state index is 11.9. The van der Waals surface area contributed by atoms with Gasteiger partial charge in [-0.25, -0.2) is 0 Å². The highest BCUT2D eigenvalue weighted by Gasteiger charge is 2.19. The van der Waals surface area contributed by atoms with Gasteiger partial charge < -0.3 is 9.64 Å². The van der Waals surface area contributed by atoms with Crippen molar-refractivity contribution in [3.05, 3.63) is 23.4 Å². The molecule has 110 valence electrons. The summed E-state index contributed by atoms with van der Waals surface area (Å²) in [6.45, 7) is 6.85. The van der Waals surface area contributed by atoms with Gasteiger partial charge in [0.2, 0.25) is 5.91 Å². The molecule has 2 aliphatic heterocycles. The number of hydrogen-bond donors (Lipinski definition) is 0. The zero-order valence-electron chi connectivity index (χ0n) is 12.5. The average molecular weight is 276 g/mol. The molecule has 0 aromatic heterocycles. The van der Waals surface area contributed by atoms with E-state index in [4.69, 9.17) is 4.74 Å². The van der Waals surface area contributed by atoms with Crippen LogP contribution in [-0.4, -0.2) is 43.3 Å². The summed E-state index contributed by atoms with van der Waals surface area (Å²) in [5.74, 6) is 0.726. The number of carbonyl (C=O) groups excluding carboxylic acids is 1. The van der Waals surface area contributed by atoms with Gasteiger partial charge in [0.25, 0.3) is 0 Å². The predicted molar refractivity (Wildman–Crippen MR) is 80.7 cm³/mol. The highest BCUT2D eigenvalue weighted by atomic mass is 16.5. The van der Waals surface area contributed by atoms with Crippen molar-refractivity contribution < 1.29 is 9.53 Å². The summed E-state index contributed by atoms with van der Waals surface area (Å²) in [7, 11) is 0. The third-order valence-corrected chi connectivity index (χ3v) is 3.87. The van der Waals surface area contributed by atoms with Crippen LogP contribution in [0.1, 0.15) is 33.1 Å². The second-order valence-corrected chi connectivity index (χ2v) is 5.60. The van der Waals surface area contributed by atoms with Crippen molar-refractivity contribution in [2.24, 2.45) is 10.9 Å². The number of hydrogen-bond acceptors (Lipinski definition) is 3. The molecule has 0 atom stereocenters. The van der Waals surface area contributed by atoms with Crippen molar-refractivity contribution in [3.8, 4) is 0 Å². The lowest BCUT2D eigenvalue weighted by atomic mass is 9.99. The minimum atomic E-state index is 0.152. The number of rotatable bonds is 4. The fourth-order valence-electron chi connectivity index (χ4n) is 2.56. The maximum Gasteiger partial charge on any atom is 0.219 e. The molecule has 0 spiro atoms. The van der Waals surface area contributed by atoms with Crippen LogP contribution in [0.2, 0.25) is 0 Å². The normalized spacial score (nSPS) is 20.1. The van der Waals surface area contributed by atoms with Gasteiger partial charge in [-0.1, -0.05) is 6.08 Å². The van der Waals surface area contributed by atoms with Gasteiger partial charge in [0, 0.05) is 51.6 Å². The first-order valence-corrected chi connectivity index (χ1v) is 7.37. The average Bonchev–Trinajstić information content (AvgIpc) is 2.64. The molecule has 1 amide bonds. The molecule has 1 saturated heterocycles. The molecule has 2 aliphatic rings. The molecule has 0 aromatic rings. The predicted octanol–water partition coefficient (Wildman–Crippen LogP) is 2.57. The molecule has 4 nitrogen and oxygen atoms in total. The van der Waals surface area contributed by atoms with Crippen LogP contribution < -0.4 is 0 Å². The van der Waals surface area contributed by atoms with E-state index in [2.05, 4.69) is 11.1 Å². The van der Waals surface area contributed by atoms with E-state index in [9.17, 15) is 4.79 Å². The molecule has 0 bridgehead atoms. The minimum Gasteiger partial charge on any atom is -0.381 e. The number of carbonyl (C=O) groups is 1. The Morgan fingerprint density at radius 2 is 2.15 bits per heavy atom. The molecule has 2 rings (SSSR count). The van der Waals surface area contributed by atoms with Crippen molar-refractivity contribution in [1.29, 1.82) is 0 Å². The first-order chi connectivity index (χ1) is 9.65. The quantitative estimate of drug-likeness (QED) is 0.792. The van der Waals surface area contributed by atoms with Gasteiger partial charge >= 0.3 is 0 Å². The highest BCUT2D eigenvalue weighted by molar-refractivity contribution is 5.74. The summed E-state index contributed by atoms with van der Waals surface area (Å²) in [6.07, 6.45) is 8.99. The first-order valence-electron chi connectivity index (χ1n) is 7.37. The van der Waals surface area contributed by atoms with Crippen molar-refractivity contribution in [1.82, 2.24) is 4.90 Å². The van der Waals surface area contributed by atoms with Crippen LogP contribution in [0.25, 0.3) is 0 Å². The molecule has 1 fully saturated rings. The van der Waals surface area contributed by atoms with Crippen LogP contribution >= 0.6 is 0 Å². The second kappa shape index (κ2) is 7.39. The van der Waals surface area contributed by atoms with E-state index in [0.29, 0.717) is 12.5 Å². The van der Waals surface area contributed by atoms with Crippen LogP contribution in [0.15, 0.2) is 28.4 Å². The van der Waals surface area contributed by atoms with Gasteiger partial charge in [-0.2, -0.15) is 0 Å². The first kappa shape index (κ1) is 15.0. The number of aliphatic imine (C=N–C) groups is 1. The SMILES string of the molecule is CC(=O)N(CC1=CC=C(C)N=CC1)CC1CCOCC1. The molecule has 4 heteroatoms. The van der Waals surface area contributed by atoms with E-state index in [1.165, 1.54) is 5.57 Å². The van der Waals surface area contributed by atoms with Crippen LogP contribution in [0.4, 0.5) is 0 Å². The molecule has 20 heavy (non-hydrogen) atoms. The Kier molecular flexibility index (Phi) is 5.53. The summed E-state index contributed by atoms with van der Waals surface area (Å²) in [5.41, 5.74) is 2.26. The molecular weight excluding hydrogens is 252 g/mol. The smallest absolute Gasteiger partial charge is 0.219 e. The Morgan fingerprint density at radius 3 is 2.85 bits per heavy atom. The Balaban J connectivity index is 1.95. The van der Waals surface area contributed by atoms with Gasteiger partial charge in [-0.3, -0.25) is 9.79 Å². The summed E-state index contributed by atoms with van der Waals surface area (Å²) in [4.78, 5) is 18.1. The number of nitrogens with zero attached hydrogens (tertiary/aromatic N) is 2. The van der Waals surface area contributed by atoms with Gasteiger partial charge in [0.15, 0.2) is 0 Å². The largest absolute Gasteiger partial charge is 0.381 e. The Hall–Kier alpha value is -1.42. The minimum absolute atomic E-state index is 0.152. The zero-order valence-corrected chi connectivity index (χ0v) is 12.5. The van der Waals surface area contributed by atoms with Crippen LogP contribution in [-0.2, 0) is 9.53 Å². The second-order valence-electron chi connectivity index (χ2n) is 5.60. The molecule has 0 aliphatic carbocycles. The fraction of sp³-hybridized carbons (Fsp3) is 0.625. The molecule has 0 aromatic carbocycles. The third kappa shape index (κ3) is 4.60. The van der Waals surface area contributed by atoms with Gasteiger partial charge in [0.1, 0.15) is 0 Å². The van der Waals surface area contributed by atoms with Crippen molar-refractivity contribution in [2.75, 3.05) is 26.3 Å². The van der Waals surface area contributed by atoms with Crippen LogP contribution in [0, 0.1) is 5.92 Å². The lowest BCUT2D eigenvalue weighted by molar-refractivity contribution is -0.129. The summed E-state index contributed by atoms with van der Waals surface area (Å²) in [6, 6.07) is 0. The van der Waals surface area contributed by atoms with Crippen molar-refractivity contribution >= 4 is 12.1 Å². The van der Waals surface area contributed by atoms with Gasteiger partial charge in [-0.15, -0.1) is 0 Å². The van der Waals surface area contributed by atoms with Crippen molar-refractivity contribution in [2.45, 2.75) is 33.1 Å². The molecular formula is C16H24N2O2. The van der Waals surface area contributed by atoms with E-state index >= 15 is 0 Å². The number of ether oxygens (including phenoxy) is 1. The standard InChI is InChI=1S/C16H24N2O2/c1-13-3-4-15(5-8-17-13)11-18(14(2)19)12-16-6-9-20-10-7-16/h3-4,8,16H,5-7,9-12H2,1-2H3. The fourth-order valence-corrected chi connectivity index (χ4v) is 2.56. The van der Waals surface area contributed by atoms with E-state index in [1.807, 2.05) is 24.1 Å². The highest BCUT2D eigenvalue weighted by Crippen LogP contribution is 2.18. The summed E-state index contributed by atoms with van der Waals surface area (Å²) in [5, 5.41) is 0. The molecule has 0 radical (unpaired) electrons. The van der Waals surface area contributed by atoms with E-state index in [0.717, 1.165) is 44.7 Å². The number of amides is 1. The molecule has 0 N–H and O–H groups in total. The topological polar surface area (TPSA) is 41.9 Å². The zero-order chi connectivity index (χ0) is 14.4. The summed E-state index contributed by atoms with van der Waals surface area (Å²) < 4.78 is 5.38. The Labute approximate surface area is 121 Å². The Morgan fingerprint density at radius 1 is 1.40 bits per heavy atom. The van der Waals surface area contributed by atoms with Gasteiger partial charge in [0.05, 0.1) is 0 Å². The lowest BCUT2D eigenvalue weighted by Gasteiger charge is -2.29. The van der Waals surface area contributed by atoms with E-state index < -0.39 is 0 Å². The van der Waals surface area contributed by atoms with E-state index in [1.54, 1.807) is 6.92 Å². The number of allylic oxidation sites excluding steroid dienone is 3. The van der Waals surface area contributed by atoms with Crippen molar-refractivity contribution in [3.63, 3.8) is 0 Å². The third-order valence-electron chi connectivity index (χ3n) is 3.87. The van der Waals surface area contributed by atoms with Crippen LogP contribution in [0.3, 0.4) is 0 Å². The Bertz CT molecular complexity index is 432. The molecule has 0 saturated carbocycles. The van der Waals surface area contributed by atoms with Gasteiger partial charge in [-0.05, 0) is 37.3 Å².